The number of aromatic carboxylic acids is 1. The standard InChI is InChI=1S/C10H10BrNO.C10H9BrO2/c2*11-9-5-7(10(12)13)4-6-2-1-3-8(6)9/h4-5H,1-3H2,(H2,12,13);4-5H,1-3H2,(H,12,13). The molecule has 0 aliphatic heterocycles. The number of fused-ring (bicyclic) bond motifs is 2. The van der Waals surface area contributed by atoms with E-state index in [2.05, 4.69) is 31.9 Å². The van der Waals surface area contributed by atoms with Crippen molar-refractivity contribution in [1.29, 1.82) is 0 Å². The quantitative estimate of drug-likeness (QED) is 0.655. The Morgan fingerprint density at radius 2 is 1.27 bits per heavy atom. The molecule has 0 unspecified atom stereocenters. The molecular weight excluding hydrogens is 462 g/mol. The van der Waals surface area contributed by atoms with Gasteiger partial charge in [-0.05, 0) is 85.0 Å². The Morgan fingerprint density at radius 1 is 0.808 bits per heavy atom. The Hall–Kier alpha value is -1.66. The van der Waals surface area contributed by atoms with Gasteiger partial charge in [-0.3, -0.25) is 4.79 Å². The molecule has 2 aromatic carbocycles. The molecule has 4 nitrogen and oxygen atoms in total. The first-order valence-electron chi connectivity index (χ1n) is 8.52. The number of rotatable bonds is 2. The van der Waals surface area contributed by atoms with Crippen LogP contribution in [0, 0.1) is 0 Å². The van der Waals surface area contributed by atoms with E-state index in [0.717, 1.165) is 41.0 Å². The van der Waals surface area contributed by atoms with Gasteiger partial charge in [0.05, 0.1) is 5.56 Å². The van der Waals surface area contributed by atoms with Crippen LogP contribution in [0.25, 0.3) is 0 Å². The highest BCUT2D eigenvalue weighted by Crippen LogP contribution is 2.31. The van der Waals surface area contributed by atoms with E-state index in [0.29, 0.717) is 11.1 Å². The highest BCUT2D eigenvalue weighted by molar-refractivity contribution is 9.10. The zero-order valence-corrected chi connectivity index (χ0v) is 17.3. The van der Waals surface area contributed by atoms with E-state index < -0.39 is 5.97 Å². The van der Waals surface area contributed by atoms with Crippen LogP contribution in [0.3, 0.4) is 0 Å². The minimum Gasteiger partial charge on any atom is -0.478 e. The number of benzene rings is 2. The molecule has 136 valence electrons. The Bertz CT molecular complexity index is 820. The zero-order chi connectivity index (χ0) is 18.8. The van der Waals surface area contributed by atoms with Gasteiger partial charge in [-0.1, -0.05) is 31.9 Å². The minimum absolute atomic E-state index is 0.351. The van der Waals surface area contributed by atoms with Crippen LogP contribution < -0.4 is 5.73 Å². The van der Waals surface area contributed by atoms with E-state index in [4.69, 9.17) is 10.8 Å². The van der Waals surface area contributed by atoms with Crippen molar-refractivity contribution in [3.63, 3.8) is 0 Å². The summed E-state index contributed by atoms with van der Waals surface area (Å²) in [4.78, 5) is 21.7. The van der Waals surface area contributed by atoms with Gasteiger partial charge in [-0.2, -0.15) is 0 Å². The summed E-state index contributed by atoms with van der Waals surface area (Å²) in [5.74, 6) is -1.20. The van der Waals surface area contributed by atoms with Crippen molar-refractivity contribution in [2.75, 3.05) is 0 Å². The largest absolute Gasteiger partial charge is 0.478 e. The summed E-state index contributed by atoms with van der Waals surface area (Å²) in [5.41, 5.74) is 11.3. The number of aryl methyl sites for hydroxylation is 2. The van der Waals surface area contributed by atoms with Crippen molar-refractivity contribution < 1.29 is 14.7 Å². The first kappa shape index (κ1) is 19.1. The Kier molecular flexibility index (Phi) is 5.82. The summed E-state index contributed by atoms with van der Waals surface area (Å²) in [6, 6.07) is 7.20. The summed E-state index contributed by atoms with van der Waals surface area (Å²) in [6.45, 7) is 0. The third kappa shape index (κ3) is 4.01. The van der Waals surface area contributed by atoms with Crippen LogP contribution in [-0.4, -0.2) is 17.0 Å². The second kappa shape index (κ2) is 7.92. The number of carboxylic acid groups (broad SMARTS) is 1. The maximum Gasteiger partial charge on any atom is 0.335 e. The Labute approximate surface area is 169 Å². The number of carboxylic acids is 1. The third-order valence-corrected chi connectivity index (χ3v) is 6.27. The molecule has 4 rings (SSSR count). The maximum atomic E-state index is 11.0. The Balaban J connectivity index is 0.000000151. The predicted molar refractivity (Wildman–Crippen MR) is 108 cm³/mol. The van der Waals surface area contributed by atoms with E-state index >= 15 is 0 Å². The number of amides is 1. The minimum atomic E-state index is -0.851. The smallest absolute Gasteiger partial charge is 0.335 e. The lowest BCUT2D eigenvalue weighted by Crippen LogP contribution is -2.11. The fourth-order valence-electron chi connectivity index (χ4n) is 3.57. The molecule has 2 aliphatic rings. The van der Waals surface area contributed by atoms with E-state index in [1.807, 2.05) is 12.1 Å². The average Bonchev–Trinajstić information content (AvgIpc) is 3.24. The summed E-state index contributed by atoms with van der Waals surface area (Å²) in [7, 11) is 0. The second-order valence-corrected chi connectivity index (χ2v) is 8.28. The molecule has 6 heteroatoms. The van der Waals surface area contributed by atoms with Gasteiger partial charge >= 0.3 is 5.97 Å². The first-order chi connectivity index (χ1) is 12.4. The van der Waals surface area contributed by atoms with Crippen LogP contribution in [0.5, 0.6) is 0 Å². The van der Waals surface area contributed by atoms with Crippen molar-refractivity contribution in [1.82, 2.24) is 0 Å². The van der Waals surface area contributed by atoms with E-state index in [1.165, 1.54) is 28.7 Å². The molecule has 2 aromatic rings. The molecule has 0 spiro atoms. The maximum absolute atomic E-state index is 11.0. The van der Waals surface area contributed by atoms with Gasteiger partial charge in [0.1, 0.15) is 0 Å². The van der Waals surface area contributed by atoms with Crippen LogP contribution >= 0.6 is 31.9 Å². The van der Waals surface area contributed by atoms with Gasteiger partial charge in [0.15, 0.2) is 0 Å². The molecule has 3 N–H and O–H groups in total. The number of primary amides is 1. The molecule has 0 saturated carbocycles. The monoisotopic (exact) mass is 479 g/mol. The lowest BCUT2D eigenvalue weighted by molar-refractivity contribution is 0.0696. The van der Waals surface area contributed by atoms with Crippen LogP contribution in [0.15, 0.2) is 33.2 Å². The van der Waals surface area contributed by atoms with Gasteiger partial charge in [0, 0.05) is 14.5 Å². The van der Waals surface area contributed by atoms with Crippen LogP contribution in [-0.2, 0) is 25.7 Å². The molecule has 0 bridgehead atoms. The molecule has 0 radical (unpaired) electrons. The topological polar surface area (TPSA) is 80.4 Å². The number of nitrogens with two attached hydrogens (primary N) is 1. The lowest BCUT2D eigenvalue weighted by Gasteiger charge is -2.04. The van der Waals surface area contributed by atoms with Crippen LogP contribution in [0.4, 0.5) is 0 Å². The highest BCUT2D eigenvalue weighted by atomic mass is 79.9. The van der Waals surface area contributed by atoms with Gasteiger partial charge in [0.25, 0.3) is 0 Å². The summed E-state index contributed by atoms with van der Waals surface area (Å²) in [5, 5.41) is 8.82. The van der Waals surface area contributed by atoms with Gasteiger partial charge in [0.2, 0.25) is 5.91 Å². The van der Waals surface area contributed by atoms with Crippen molar-refractivity contribution in [3.05, 3.63) is 66.6 Å². The summed E-state index contributed by atoms with van der Waals surface area (Å²) >= 11 is 6.86. The molecule has 0 atom stereocenters. The lowest BCUT2D eigenvalue weighted by atomic mass is 10.1. The van der Waals surface area contributed by atoms with Crippen molar-refractivity contribution >= 4 is 43.7 Å². The van der Waals surface area contributed by atoms with Crippen LogP contribution in [0.2, 0.25) is 0 Å². The second-order valence-electron chi connectivity index (χ2n) is 6.57. The van der Waals surface area contributed by atoms with Crippen molar-refractivity contribution in [2.45, 2.75) is 38.5 Å². The molecule has 0 saturated heterocycles. The summed E-state index contributed by atoms with van der Waals surface area (Å²) in [6.07, 6.45) is 6.56. The molecular formula is C20H19Br2NO3. The molecule has 0 fully saturated rings. The van der Waals surface area contributed by atoms with E-state index in [9.17, 15) is 9.59 Å². The van der Waals surface area contributed by atoms with Gasteiger partial charge < -0.3 is 10.8 Å². The van der Waals surface area contributed by atoms with Crippen molar-refractivity contribution in [3.8, 4) is 0 Å². The molecule has 0 aromatic heterocycles. The molecule has 1 amide bonds. The fourth-order valence-corrected chi connectivity index (χ4v) is 4.97. The number of hydrogen-bond acceptors (Lipinski definition) is 2. The Morgan fingerprint density at radius 3 is 1.73 bits per heavy atom. The average molecular weight is 481 g/mol. The van der Waals surface area contributed by atoms with Gasteiger partial charge in [-0.25, -0.2) is 4.79 Å². The molecule has 2 aliphatic carbocycles. The third-order valence-electron chi connectivity index (χ3n) is 4.85. The summed E-state index contributed by atoms with van der Waals surface area (Å²) < 4.78 is 1.97. The highest BCUT2D eigenvalue weighted by Gasteiger charge is 2.17. The molecule has 0 heterocycles. The van der Waals surface area contributed by atoms with E-state index in [-0.39, 0.29) is 5.91 Å². The predicted octanol–water partition coefficient (Wildman–Crippen LogP) is 4.67. The molecule has 26 heavy (non-hydrogen) atoms. The normalized spacial score (nSPS) is 14.2. The number of halogens is 2. The fraction of sp³-hybridized carbons (Fsp3) is 0.300. The number of carbonyl (C=O) groups is 2. The SMILES string of the molecule is NC(=O)c1cc(Br)c2c(c1)CCC2.O=C(O)c1cc(Br)c2c(c1)CCC2. The van der Waals surface area contributed by atoms with Gasteiger partial charge in [-0.15, -0.1) is 0 Å². The number of carbonyl (C=O) groups excluding carboxylic acids is 1. The van der Waals surface area contributed by atoms with Crippen molar-refractivity contribution in [2.24, 2.45) is 5.73 Å². The van der Waals surface area contributed by atoms with Crippen LogP contribution in [0.1, 0.15) is 55.8 Å². The zero-order valence-electron chi connectivity index (χ0n) is 14.1. The number of hydrogen-bond donors (Lipinski definition) is 2. The first-order valence-corrected chi connectivity index (χ1v) is 10.1. The van der Waals surface area contributed by atoms with E-state index in [1.54, 1.807) is 12.1 Å².